The number of nitrogens with one attached hydrogen (secondary N) is 2. The Hall–Kier alpha value is -3.69. The zero-order valence-corrected chi connectivity index (χ0v) is 23.3. The molecule has 40 heavy (non-hydrogen) atoms. The normalized spacial score (nSPS) is 21.6. The zero-order valence-electron chi connectivity index (χ0n) is 22.4. The van der Waals surface area contributed by atoms with E-state index in [1.165, 1.54) is 0 Å². The Morgan fingerprint density at radius 3 is 2.00 bits per heavy atom. The van der Waals surface area contributed by atoms with Gasteiger partial charge in [-0.25, -0.2) is 9.59 Å². The van der Waals surface area contributed by atoms with E-state index in [-0.39, 0.29) is 23.4 Å². The number of rotatable bonds is 11. The smallest absolute Gasteiger partial charge is 0.332 e. The van der Waals surface area contributed by atoms with E-state index in [0.717, 1.165) is 22.4 Å². The van der Waals surface area contributed by atoms with Crippen LogP contribution in [0.15, 0.2) is 78.9 Å². The second kappa shape index (κ2) is 11.8. The molecule has 2 aliphatic heterocycles. The van der Waals surface area contributed by atoms with Crippen molar-refractivity contribution in [1.82, 2.24) is 10.6 Å². The van der Waals surface area contributed by atoms with Gasteiger partial charge in [0.25, 0.3) is 0 Å². The molecular formula is C31H34N2O6S. The van der Waals surface area contributed by atoms with Gasteiger partial charge in [0.1, 0.15) is 11.5 Å². The molecule has 4 N–H and O–H groups in total. The number of carboxylic acids is 1. The van der Waals surface area contributed by atoms with Gasteiger partial charge in [-0.15, -0.1) is 0 Å². The van der Waals surface area contributed by atoms with Crippen molar-refractivity contribution >= 4 is 23.8 Å². The fourth-order valence-corrected chi connectivity index (χ4v) is 7.83. The van der Waals surface area contributed by atoms with Gasteiger partial charge in [0.05, 0.1) is 31.7 Å². The standard InChI is InChI=1S/C31H34N2O6S/c1-38-22-12-8-20(9-13-22)31(19-6-4-3-5-7-19,21-10-14-23(39-2)15-11-21)24(28(34)29(35)36)16-17-26-27-25(18-40-26)32-30(37)33-27/h3-15,24-28,34H,16-18H2,1-2H3,(H,35,36)(H2,32,33,37)/t24?,25-,26-,27-,28?/m0/s1. The molecule has 3 aromatic rings. The first-order chi connectivity index (χ1) is 19.4. The molecule has 0 spiro atoms. The van der Waals surface area contributed by atoms with Crippen molar-refractivity contribution in [2.24, 2.45) is 5.92 Å². The van der Waals surface area contributed by atoms with Crippen LogP contribution in [0.4, 0.5) is 4.79 Å². The predicted octanol–water partition coefficient (Wildman–Crippen LogP) is 4.05. The molecule has 9 heteroatoms. The van der Waals surface area contributed by atoms with E-state index in [1.54, 1.807) is 26.0 Å². The van der Waals surface area contributed by atoms with Crippen molar-refractivity contribution in [3.63, 3.8) is 0 Å². The van der Waals surface area contributed by atoms with Crippen molar-refractivity contribution < 1.29 is 29.3 Å². The summed E-state index contributed by atoms with van der Waals surface area (Å²) in [7, 11) is 3.20. The number of benzene rings is 3. The SMILES string of the molecule is COc1ccc(C(c2ccccc2)(c2ccc(OC)cc2)C(CC[C@@H]2SC[C@@H]3NC(=O)N[C@@H]32)C(O)C(=O)O)cc1. The fraction of sp³-hybridized carbons (Fsp3) is 0.355. The predicted molar refractivity (Wildman–Crippen MR) is 154 cm³/mol. The Balaban J connectivity index is 1.68. The van der Waals surface area contributed by atoms with Gasteiger partial charge < -0.3 is 30.3 Å². The molecule has 5 atom stereocenters. The second-order valence-corrected chi connectivity index (χ2v) is 11.5. The lowest BCUT2D eigenvalue weighted by Crippen LogP contribution is -2.47. The number of carboxylic acid groups (broad SMARTS) is 1. The van der Waals surface area contributed by atoms with Crippen molar-refractivity contribution in [3.05, 3.63) is 95.6 Å². The molecular weight excluding hydrogens is 528 g/mol. The van der Waals surface area contributed by atoms with Gasteiger partial charge in [0, 0.05) is 16.9 Å². The van der Waals surface area contributed by atoms with Gasteiger partial charge in [-0.2, -0.15) is 11.8 Å². The molecule has 0 aromatic heterocycles. The monoisotopic (exact) mass is 562 g/mol. The van der Waals surface area contributed by atoms with Crippen LogP contribution < -0.4 is 20.1 Å². The summed E-state index contributed by atoms with van der Waals surface area (Å²) in [5, 5.41) is 27.8. The van der Waals surface area contributed by atoms with Crippen LogP contribution in [0.2, 0.25) is 0 Å². The van der Waals surface area contributed by atoms with Gasteiger partial charge in [0.2, 0.25) is 0 Å². The number of hydrogen-bond donors (Lipinski definition) is 4. The lowest BCUT2D eigenvalue weighted by molar-refractivity contribution is -0.151. The molecule has 3 aromatic carbocycles. The molecule has 8 nitrogen and oxygen atoms in total. The van der Waals surface area contributed by atoms with Crippen LogP contribution in [0.1, 0.15) is 29.5 Å². The maximum Gasteiger partial charge on any atom is 0.332 e. The van der Waals surface area contributed by atoms with E-state index in [4.69, 9.17) is 9.47 Å². The van der Waals surface area contributed by atoms with Crippen LogP contribution in [-0.2, 0) is 10.2 Å². The lowest BCUT2D eigenvalue weighted by atomic mass is 9.59. The first-order valence-corrected chi connectivity index (χ1v) is 14.4. The van der Waals surface area contributed by atoms with E-state index in [1.807, 2.05) is 78.9 Å². The van der Waals surface area contributed by atoms with Crippen LogP contribution >= 0.6 is 11.8 Å². The minimum atomic E-state index is -1.66. The highest BCUT2D eigenvalue weighted by Crippen LogP contribution is 2.50. The van der Waals surface area contributed by atoms with E-state index in [0.29, 0.717) is 24.3 Å². The minimum absolute atomic E-state index is 0.0341. The Kier molecular flexibility index (Phi) is 8.23. The van der Waals surface area contributed by atoms with E-state index < -0.39 is 23.4 Å². The summed E-state index contributed by atoms with van der Waals surface area (Å²) in [5.41, 5.74) is 1.51. The summed E-state index contributed by atoms with van der Waals surface area (Å²) in [6.45, 7) is 0. The number of thioether (sulfide) groups is 1. The maximum absolute atomic E-state index is 12.5. The number of carbonyl (C=O) groups is 2. The van der Waals surface area contributed by atoms with E-state index >= 15 is 0 Å². The van der Waals surface area contributed by atoms with Crippen LogP contribution in [0.25, 0.3) is 0 Å². The summed E-state index contributed by atoms with van der Waals surface area (Å²) in [5.74, 6) is 0.113. The second-order valence-electron chi connectivity index (χ2n) is 10.2. The topological polar surface area (TPSA) is 117 Å². The zero-order chi connectivity index (χ0) is 28.3. The summed E-state index contributed by atoms with van der Waals surface area (Å²) in [6, 6.07) is 24.8. The largest absolute Gasteiger partial charge is 0.497 e. The minimum Gasteiger partial charge on any atom is -0.497 e. The number of fused-ring (bicyclic) bond motifs is 1. The molecule has 2 fully saturated rings. The van der Waals surface area contributed by atoms with Crippen LogP contribution in [0.3, 0.4) is 0 Å². The molecule has 2 heterocycles. The van der Waals surface area contributed by atoms with Crippen molar-refractivity contribution in [1.29, 1.82) is 0 Å². The molecule has 210 valence electrons. The molecule has 2 unspecified atom stereocenters. The Labute approximate surface area is 238 Å². The number of amides is 2. The molecule has 2 aliphatic rings. The summed E-state index contributed by atoms with van der Waals surface area (Å²) < 4.78 is 10.9. The van der Waals surface area contributed by atoms with E-state index in [9.17, 15) is 19.8 Å². The Morgan fingerprint density at radius 1 is 0.925 bits per heavy atom. The highest BCUT2D eigenvalue weighted by molar-refractivity contribution is 8.00. The third-order valence-corrected chi connectivity index (χ3v) is 9.72. The molecule has 0 bridgehead atoms. The van der Waals surface area contributed by atoms with Crippen molar-refractivity contribution in [2.45, 2.75) is 41.7 Å². The summed E-state index contributed by atoms with van der Waals surface area (Å²) >= 11 is 1.77. The summed E-state index contributed by atoms with van der Waals surface area (Å²) in [4.78, 5) is 24.5. The highest BCUT2D eigenvalue weighted by atomic mass is 32.2. The van der Waals surface area contributed by atoms with Gasteiger partial charge >= 0.3 is 12.0 Å². The highest BCUT2D eigenvalue weighted by Gasteiger charge is 2.50. The number of aliphatic hydroxyl groups excluding tert-OH is 1. The third kappa shape index (κ3) is 5.11. The third-order valence-electron chi connectivity index (χ3n) is 8.21. The Morgan fingerprint density at radius 2 is 1.48 bits per heavy atom. The van der Waals surface area contributed by atoms with Gasteiger partial charge in [0.15, 0.2) is 6.10 Å². The van der Waals surface area contributed by atoms with Crippen LogP contribution in [0, 0.1) is 5.92 Å². The number of hydrogen-bond acceptors (Lipinski definition) is 6. The number of urea groups is 1. The van der Waals surface area contributed by atoms with Crippen molar-refractivity contribution in [3.8, 4) is 11.5 Å². The number of carbonyl (C=O) groups excluding carboxylic acids is 1. The number of aliphatic hydroxyl groups is 1. The van der Waals surface area contributed by atoms with Gasteiger partial charge in [-0.1, -0.05) is 54.6 Å². The Bertz CT molecular complexity index is 1270. The van der Waals surface area contributed by atoms with Crippen LogP contribution in [-0.4, -0.2) is 65.6 Å². The quantitative estimate of drug-likeness (QED) is 0.206. The fourth-order valence-electron chi connectivity index (χ4n) is 6.32. The lowest BCUT2D eigenvalue weighted by Gasteiger charge is -2.44. The maximum atomic E-state index is 12.5. The average Bonchev–Trinajstić information content (AvgIpc) is 3.54. The molecule has 0 radical (unpaired) electrons. The van der Waals surface area contributed by atoms with Gasteiger partial charge in [-0.3, -0.25) is 0 Å². The van der Waals surface area contributed by atoms with Crippen molar-refractivity contribution in [2.75, 3.05) is 20.0 Å². The first kappa shape index (κ1) is 27.9. The molecule has 2 amide bonds. The summed E-state index contributed by atoms with van der Waals surface area (Å²) in [6.07, 6.45) is -0.649. The number of aliphatic carboxylic acids is 1. The number of ether oxygens (including phenoxy) is 2. The average molecular weight is 563 g/mol. The molecule has 0 saturated carbocycles. The molecule has 5 rings (SSSR count). The van der Waals surface area contributed by atoms with E-state index in [2.05, 4.69) is 10.6 Å². The first-order valence-electron chi connectivity index (χ1n) is 13.3. The molecule has 2 saturated heterocycles. The number of methoxy groups -OCH3 is 2. The van der Waals surface area contributed by atoms with Crippen LogP contribution in [0.5, 0.6) is 11.5 Å². The molecule has 0 aliphatic carbocycles. The van der Waals surface area contributed by atoms with Gasteiger partial charge in [-0.05, 0) is 53.8 Å².